The summed E-state index contributed by atoms with van der Waals surface area (Å²) in [5, 5.41) is 51.7. The number of rotatable bonds is 25. The number of likely N-dealkylation sites (tertiary alicyclic amines) is 2. The van der Waals surface area contributed by atoms with E-state index in [0.717, 1.165) is 0 Å². The first-order valence-electron chi connectivity index (χ1n) is 20.6. The Hall–Kier alpha value is -6.77. The van der Waals surface area contributed by atoms with E-state index in [1.807, 2.05) is 0 Å². The molecule has 10 amide bonds. The predicted octanol–water partition coefficient (Wildman–Crippen LogP) is -7.72. The third-order valence-corrected chi connectivity index (χ3v) is 10.5. The molecule has 65 heavy (non-hydrogen) atoms. The first-order chi connectivity index (χ1) is 30.8. The Labute approximate surface area is 371 Å². The Bertz CT molecular complexity index is 1920. The number of hydrogen-bond donors (Lipinski definition) is 13. The van der Waals surface area contributed by atoms with Crippen LogP contribution in [-0.2, 0) is 59.2 Å². The van der Waals surface area contributed by atoms with E-state index in [4.69, 9.17) is 22.3 Å². The molecule has 26 nitrogen and oxygen atoms in total. The number of carboxylic acid groups (broad SMARTS) is 1. The Balaban J connectivity index is 1.75. The van der Waals surface area contributed by atoms with Crippen molar-refractivity contribution in [2.24, 2.45) is 17.2 Å². The van der Waals surface area contributed by atoms with Crippen molar-refractivity contribution in [2.75, 3.05) is 39.5 Å². The first-order valence-corrected chi connectivity index (χ1v) is 20.6. The highest BCUT2D eigenvalue weighted by atomic mass is 16.4. The summed E-state index contributed by atoms with van der Waals surface area (Å²) < 4.78 is 0. The van der Waals surface area contributed by atoms with E-state index in [2.05, 4.69) is 31.9 Å². The molecule has 2 aliphatic heterocycles. The van der Waals surface area contributed by atoms with Gasteiger partial charge in [-0.25, -0.2) is 4.79 Å². The van der Waals surface area contributed by atoms with Gasteiger partial charge in [-0.05, 0) is 37.7 Å². The van der Waals surface area contributed by atoms with Crippen LogP contribution in [0.3, 0.4) is 0 Å². The van der Waals surface area contributed by atoms with Gasteiger partial charge in [-0.15, -0.1) is 0 Å². The van der Waals surface area contributed by atoms with E-state index in [1.165, 1.54) is 9.80 Å². The lowest BCUT2D eigenvalue weighted by Gasteiger charge is -2.33. The minimum absolute atomic E-state index is 0.0111. The number of aliphatic hydroxyl groups excluding tert-OH is 3. The molecule has 0 spiro atoms. The smallest absolute Gasteiger partial charge is 0.328 e. The molecule has 0 aliphatic carbocycles. The lowest BCUT2D eigenvalue weighted by molar-refractivity contribution is -0.148. The second kappa shape index (κ2) is 25.5. The molecule has 2 fully saturated rings. The summed E-state index contributed by atoms with van der Waals surface area (Å²) in [6, 6.07) is -3.14. The lowest BCUT2D eigenvalue weighted by atomic mass is 10.0. The number of hydrogen-bond acceptors (Lipinski definition) is 15. The van der Waals surface area contributed by atoms with Crippen molar-refractivity contribution >= 4 is 65.0 Å². The molecule has 1 aromatic rings. The molecule has 26 heteroatoms. The summed E-state index contributed by atoms with van der Waals surface area (Å²) in [5.74, 6) is -10.5. The summed E-state index contributed by atoms with van der Waals surface area (Å²) in [7, 11) is 0. The van der Waals surface area contributed by atoms with Crippen molar-refractivity contribution in [1.82, 2.24) is 41.7 Å². The maximum Gasteiger partial charge on any atom is 0.328 e. The molecular formula is C39H57N11O15. The number of aliphatic carboxylic acids is 1. The average Bonchev–Trinajstić information content (AvgIpc) is 3.97. The Morgan fingerprint density at radius 2 is 1.20 bits per heavy atom. The summed E-state index contributed by atoms with van der Waals surface area (Å²) in [5.41, 5.74) is 16.6. The van der Waals surface area contributed by atoms with Gasteiger partial charge in [0.05, 0.1) is 38.8 Å². The molecule has 0 aromatic heterocycles. The largest absolute Gasteiger partial charge is 0.480 e. The van der Waals surface area contributed by atoms with Gasteiger partial charge >= 0.3 is 5.97 Å². The number of primary amides is 2. The van der Waals surface area contributed by atoms with Crippen LogP contribution in [0.5, 0.6) is 0 Å². The topological polar surface area (TPSA) is 425 Å². The van der Waals surface area contributed by atoms with E-state index in [0.29, 0.717) is 18.4 Å². The fraction of sp³-hybridized carbons (Fsp3) is 0.564. The zero-order chi connectivity index (χ0) is 48.4. The SMILES string of the molecule is NC(=O)CC[C@H](NC(=O)[C@H](CO)NC(=O)[C@H](CO)NC(=O)[C@@H](N)CC(N)=O)C(=O)N1CCC[C@H]1C(=O)N1CCC[C@H]1C(=O)N[C@@H](Cc1ccccc1)C(=O)NCC(=O)N[C@@H](CO)C(=O)O. The number of carbonyl (C=O) groups is 11. The predicted molar refractivity (Wildman–Crippen MR) is 221 cm³/mol. The second-order valence-electron chi connectivity index (χ2n) is 15.3. The fourth-order valence-corrected chi connectivity index (χ4v) is 7.10. The maximum absolute atomic E-state index is 14.2. The van der Waals surface area contributed by atoms with Crippen LogP contribution in [-0.4, -0.2) is 183 Å². The van der Waals surface area contributed by atoms with Gasteiger partial charge in [-0.1, -0.05) is 30.3 Å². The molecule has 16 N–H and O–H groups in total. The molecule has 0 saturated carbocycles. The zero-order valence-corrected chi connectivity index (χ0v) is 35.3. The standard InChI is InChI=1S/C39H57N11O15/c40-21(15-30(42)55)32(57)47-24(17-51)35(60)48-25(18-52)34(59)45-22(10-11-29(41)54)37(62)50-13-5-9-28(50)38(63)49-12-4-8-27(49)36(61)46-23(14-20-6-2-1-3-7-20)33(58)43-16-31(56)44-26(19-53)39(64)65/h1-3,6-7,21-28,51-53H,4-5,8-19,40H2,(H2,41,54)(H2,42,55)(H,43,58)(H,44,56)(H,45,59)(H,46,61)(H,47,57)(H,48,60)(H,64,65)/t21-,22-,23-,24-,25-,26-,27-,28-/m0/s1. The van der Waals surface area contributed by atoms with Gasteiger partial charge in [0.1, 0.15) is 42.3 Å². The fourth-order valence-electron chi connectivity index (χ4n) is 7.10. The van der Waals surface area contributed by atoms with Gasteiger partial charge in [0.15, 0.2) is 0 Å². The van der Waals surface area contributed by atoms with Gasteiger partial charge in [0.2, 0.25) is 59.1 Å². The molecule has 0 bridgehead atoms. The number of benzene rings is 1. The molecule has 1 aromatic carbocycles. The highest BCUT2D eigenvalue weighted by Crippen LogP contribution is 2.26. The number of nitrogens with zero attached hydrogens (tertiary/aromatic N) is 2. The summed E-state index contributed by atoms with van der Waals surface area (Å²) >= 11 is 0. The van der Waals surface area contributed by atoms with Gasteiger partial charge in [0.25, 0.3) is 0 Å². The number of carboxylic acids is 1. The maximum atomic E-state index is 14.2. The molecule has 3 rings (SSSR count). The average molecular weight is 920 g/mol. The molecule has 2 saturated heterocycles. The van der Waals surface area contributed by atoms with Crippen LogP contribution in [0.25, 0.3) is 0 Å². The number of aliphatic hydroxyl groups is 3. The molecule has 2 aliphatic rings. The summed E-state index contributed by atoms with van der Waals surface area (Å²) in [6.07, 6.45) is -0.449. The van der Waals surface area contributed by atoms with Crippen LogP contribution < -0.4 is 49.1 Å². The molecule has 2 heterocycles. The Morgan fingerprint density at radius 1 is 0.646 bits per heavy atom. The highest BCUT2D eigenvalue weighted by molar-refractivity contribution is 5.98. The lowest BCUT2D eigenvalue weighted by Crippen LogP contribution is -2.60. The van der Waals surface area contributed by atoms with Crippen LogP contribution in [0, 0.1) is 0 Å². The van der Waals surface area contributed by atoms with Crippen LogP contribution in [0.1, 0.15) is 50.5 Å². The quantitative estimate of drug-likeness (QED) is 0.0433. The van der Waals surface area contributed by atoms with Crippen molar-refractivity contribution in [3.05, 3.63) is 35.9 Å². The Morgan fingerprint density at radius 3 is 1.75 bits per heavy atom. The Kier molecular flexibility index (Phi) is 20.6. The number of nitrogens with two attached hydrogens (primary N) is 3. The molecule has 358 valence electrons. The summed E-state index contributed by atoms with van der Waals surface area (Å²) in [4.78, 5) is 143. The summed E-state index contributed by atoms with van der Waals surface area (Å²) in [6.45, 7) is -3.55. The number of amides is 10. The van der Waals surface area contributed by atoms with E-state index >= 15 is 0 Å². The van der Waals surface area contributed by atoms with Gasteiger partial charge < -0.3 is 79.3 Å². The minimum atomic E-state index is -1.78. The van der Waals surface area contributed by atoms with Crippen LogP contribution in [0.2, 0.25) is 0 Å². The van der Waals surface area contributed by atoms with E-state index < -0.39 is 153 Å². The minimum Gasteiger partial charge on any atom is -0.480 e. The molecular weight excluding hydrogens is 862 g/mol. The van der Waals surface area contributed by atoms with Gasteiger partial charge in [-0.2, -0.15) is 0 Å². The monoisotopic (exact) mass is 919 g/mol. The van der Waals surface area contributed by atoms with Crippen molar-refractivity contribution in [3.8, 4) is 0 Å². The van der Waals surface area contributed by atoms with Crippen LogP contribution >= 0.6 is 0 Å². The van der Waals surface area contributed by atoms with Crippen molar-refractivity contribution in [2.45, 2.75) is 99.7 Å². The third kappa shape index (κ3) is 15.8. The van der Waals surface area contributed by atoms with Crippen LogP contribution in [0.4, 0.5) is 0 Å². The van der Waals surface area contributed by atoms with Gasteiger partial charge in [0, 0.05) is 25.9 Å². The van der Waals surface area contributed by atoms with E-state index in [9.17, 15) is 68.1 Å². The molecule has 8 atom stereocenters. The van der Waals surface area contributed by atoms with Crippen molar-refractivity contribution in [3.63, 3.8) is 0 Å². The van der Waals surface area contributed by atoms with E-state index in [1.54, 1.807) is 30.3 Å². The van der Waals surface area contributed by atoms with Crippen molar-refractivity contribution in [1.29, 1.82) is 0 Å². The molecule has 0 radical (unpaired) electrons. The van der Waals surface area contributed by atoms with E-state index in [-0.39, 0.29) is 38.8 Å². The third-order valence-electron chi connectivity index (χ3n) is 10.5. The number of nitrogens with one attached hydrogen (secondary N) is 6. The van der Waals surface area contributed by atoms with Crippen molar-refractivity contribution < 1.29 is 73.2 Å². The highest BCUT2D eigenvalue weighted by Gasteiger charge is 2.44. The van der Waals surface area contributed by atoms with Crippen LogP contribution in [0.15, 0.2) is 30.3 Å². The number of carbonyl (C=O) groups excluding carboxylic acids is 10. The molecule has 0 unspecified atom stereocenters. The zero-order valence-electron chi connectivity index (χ0n) is 35.3. The first kappa shape index (κ1) is 52.6. The second-order valence-corrected chi connectivity index (χ2v) is 15.3. The van der Waals surface area contributed by atoms with Gasteiger partial charge in [-0.3, -0.25) is 47.9 Å². The normalized spacial score (nSPS) is 18.4.